The number of para-hydroxylation sites is 1. The number of likely N-dealkylation sites (tertiary alicyclic amines) is 1. The number of aromatic amines is 1. The summed E-state index contributed by atoms with van der Waals surface area (Å²) in [5.41, 5.74) is 1.74. The first-order valence-electron chi connectivity index (χ1n) is 9.13. The summed E-state index contributed by atoms with van der Waals surface area (Å²) < 4.78 is 11.0. The Morgan fingerprint density at radius 3 is 2.85 bits per heavy atom. The molecule has 27 heavy (non-hydrogen) atoms. The predicted octanol–water partition coefficient (Wildman–Crippen LogP) is 3.28. The monoisotopic (exact) mass is 365 g/mol. The van der Waals surface area contributed by atoms with E-state index >= 15 is 0 Å². The van der Waals surface area contributed by atoms with E-state index in [1.165, 1.54) is 0 Å². The van der Waals surface area contributed by atoms with Gasteiger partial charge in [-0.05, 0) is 49.7 Å². The first kappa shape index (κ1) is 17.5. The van der Waals surface area contributed by atoms with Gasteiger partial charge in [-0.2, -0.15) is 0 Å². The Morgan fingerprint density at radius 2 is 2.04 bits per heavy atom. The largest absolute Gasteiger partial charge is 0.497 e. The fourth-order valence-corrected chi connectivity index (χ4v) is 3.87. The Labute approximate surface area is 157 Å². The van der Waals surface area contributed by atoms with Crippen molar-refractivity contribution in [2.24, 2.45) is 0 Å². The van der Waals surface area contributed by atoms with E-state index in [9.17, 15) is 4.79 Å². The normalized spacial score (nSPS) is 17.3. The fourth-order valence-electron chi connectivity index (χ4n) is 3.87. The average molecular weight is 365 g/mol. The van der Waals surface area contributed by atoms with E-state index in [1.807, 2.05) is 36.4 Å². The number of fused-ring (bicyclic) bond motifs is 1. The minimum absolute atomic E-state index is 0.0923. The van der Waals surface area contributed by atoms with Crippen molar-refractivity contribution in [3.05, 3.63) is 64.2 Å². The van der Waals surface area contributed by atoms with Gasteiger partial charge in [-0.15, -0.1) is 0 Å². The van der Waals surface area contributed by atoms with Gasteiger partial charge in [0.15, 0.2) is 0 Å². The number of aromatic nitrogens is 2. The molecule has 0 amide bonds. The second-order valence-corrected chi connectivity index (χ2v) is 6.77. The van der Waals surface area contributed by atoms with Crippen molar-refractivity contribution < 1.29 is 9.47 Å². The lowest BCUT2D eigenvalue weighted by Crippen LogP contribution is -2.26. The standard InChI is InChI=1S/C21H23N3O3/c1-26-14-9-10-19(27-2)16(12-14)18-8-5-11-24(18)13-20-22-17-7-4-3-6-15(17)21(25)23-20/h3-4,6-7,9-10,12,18H,5,8,11,13H2,1-2H3,(H,22,23,25). The molecule has 0 saturated carbocycles. The molecule has 0 bridgehead atoms. The number of ether oxygens (including phenoxy) is 2. The summed E-state index contributed by atoms with van der Waals surface area (Å²) >= 11 is 0. The SMILES string of the molecule is COc1ccc(OC)c(C2CCCN2Cc2nc3ccccc3c(=O)[nH]2)c1. The molecule has 1 aliphatic rings. The first-order valence-corrected chi connectivity index (χ1v) is 9.13. The number of benzene rings is 2. The number of H-pyrrole nitrogens is 1. The molecular weight excluding hydrogens is 342 g/mol. The molecular formula is C21H23N3O3. The van der Waals surface area contributed by atoms with E-state index < -0.39 is 0 Å². The van der Waals surface area contributed by atoms with Crippen molar-refractivity contribution in [1.29, 1.82) is 0 Å². The second kappa shape index (κ2) is 7.40. The van der Waals surface area contributed by atoms with Crippen molar-refractivity contribution in [3.8, 4) is 11.5 Å². The molecule has 1 saturated heterocycles. The smallest absolute Gasteiger partial charge is 0.258 e. The molecule has 1 aliphatic heterocycles. The number of nitrogens with zero attached hydrogens (tertiary/aromatic N) is 2. The van der Waals surface area contributed by atoms with Crippen LogP contribution in [0.15, 0.2) is 47.3 Å². The minimum atomic E-state index is -0.0923. The molecule has 6 heteroatoms. The quantitative estimate of drug-likeness (QED) is 0.752. The number of hydrogen-bond acceptors (Lipinski definition) is 5. The summed E-state index contributed by atoms with van der Waals surface area (Å²) in [5.74, 6) is 2.36. The molecule has 6 nitrogen and oxygen atoms in total. The van der Waals surface area contributed by atoms with Crippen LogP contribution in [0.25, 0.3) is 10.9 Å². The van der Waals surface area contributed by atoms with Gasteiger partial charge >= 0.3 is 0 Å². The lowest BCUT2D eigenvalue weighted by atomic mass is 10.0. The summed E-state index contributed by atoms with van der Waals surface area (Å²) in [6.45, 7) is 1.53. The zero-order chi connectivity index (χ0) is 18.8. The van der Waals surface area contributed by atoms with E-state index in [-0.39, 0.29) is 11.6 Å². The highest BCUT2D eigenvalue weighted by molar-refractivity contribution is 5.77. The Hall–Kier alpha value is -2.86. The van der Waals surface area contributed by atoms with Gasteiger partial charge in [0.2, 0.25) is 0 Å². The Balaban J connectivity index is 1.66. The molecule has 1 fully saturated rings. The topological polar surface area (TPSA) is 67.5 Å². The van der Waals surface area contributed by atoms with Gasteiger partial charge in [0.1, 0.15) is 17.3 Å². The molecule has 3 aromatic rings. The zero-order valence-electron chi connectivity index (χ0n) is 15.6. The van der Waals surface area contributed by atoms with Crippen molar-refractivity contribution in [3.63, 3.8) is 0 Å². The Kier molecular flexibility index (Phi) is 4.81. The van der Waals surface area contributed by atoms with Gasteiger partial charge in [-0.25, -0.2) is 4.98 Å². The summed E-state index contributed by atoms with van der Waals surface area (Å²) in [5, 5.41) is 0.619. The maximum atomic E-state index is 12.4. The van der Waals surface area contributed by atoms with Gasteiger partial charge in [0.05, 0.1) is 31.7 Å². The molecule has 1 N–H and O–H groups in total. The van der Waals surface area contributed by atoms with Crippen molar-refractivity contribution in [2.75, 3.05) is 20.8 Å². The van der Waals surface area contributed by atoms with Gasteiger partial charge in [-0.3, -0.25) is 9.69 Å². The molecule has 140 valence electrons. The summed E-state index contributed by atoms with van der Waals surface area (Å²) in [6, 6.07) is 13.5. The highest BCUT2D eigenvalue weighted by atomic mass is 16.5. The molecule has 1 aromatic heterocycles. The maximum Gasteiger partial charge on any atom is 0.258 e. The second-order valence-electron chi connectivity index (χ2n) is 6.77. The van der Waals surface area contributed by atoms with Gasteiger partial charge in [-0.1, -0.05) is 12.1 Å². The average Bonchev–Trinajstić information content (AvgIpc) is 3.15. The van der Waals surface area contributed by atoms with Crippen LogP contribution in [0.4, 0.5) is 0 Å². The lowest BCUT2D eigenvalue weighted by Gasteiger charge is -2.26. The van der Waals surface area contributed by atoms with Gasteiger partial charge in [0, 0.05) is 11.6 Å². The number of nitrogens with one attached hydrogen (secondary N) is 1. The van der Waals surface area contributed by atoms with Crippen LogP contribution >= 0.6 is 0 Å². The minimum Gasteiger partial charge on any atom is -0.497 e. The van der Waals surface area contributed by atoms with Crippen molar-refractivity contribution in [2.45, 2.75) is 25.4 Å². The molecule has 2 aromatic carbocycles. The zero-order valence-corrected chi connectivity index (χ0v) is 15.6. The Bertz CT molecular complexity index is 1010. The maximum absolute atomic E-state index is 12.4. The fraction of sp³-hybridized carbons (Fsp3) is 0.333. The molecule has 0 aliphatic carbocycles. The highest BCUT2D eigenvalue weighted by Crippen LogP contribution is 2.39. The number of hydrogen-bond donors (Lipinski definition) is 1. The van der Waals surface area contributed by atoms with E-state index in [4.69, 9.17) is 9.47 Å². The van der Waals surface area contributed by atoms with Crippen LogP contribution in [-0.2, 0) is 6.54 Å². The molecule has 0 spiro atoms. The summed E-state index contributed by atoms with van der Waals surface area (Å²) in [7, 11) is 3.36. The van der Waals surface area contributed by atoms with Crippen LogP contribution in [0.2, 0.25) is 0 Å². The summed E-state index contributed by atoms with van der Waals surface area (Å²) in [4.78, 5) is 22.3. The highest BCUT2D eigenvalue weighted by Gasteiger charge is 2.29. The van der Waals surface area contributed by atoms with Gasteiger partial charge in [0.25, 0.3) is 5.56 Å². The van der Waals surface area contributed by atoms with Crippen LogP contribution in [-0.4, -0.2) is 35.6 Å². The molecule has 1 atom stereocenters. The third-order valence-electron chi connectivity index (χ3n) is 5.17. The van der Waals surface area contributed by atoms with Crippen LogP contribution in [0.5, 0.6) is 11.5 Å². The third kappa shape index (κ3) is 3.40. The molecule has 4 rings (SSSR count). The van der Waals surface area contributed by atoms with Crippen molar-refractivity contribution >= 4 is 10.9 Å². The van der Waals surface area contributed by atoms with Gasteiger partial charge < -0.3 is 14.5 Å². The van der Waals surface area contributed by atoms with E-state index in [1.54, 1.807) is 20.3 Å². The number of rotatable bonds is 5. The van der Waals surface area contributed by atoms with E-state index in [0.29, 0.717) is 17.8 Å². The summed E-state index contributed by atoms with van der Waals surface area (Å²) in [6.07, 6.45) is 2.12. The van der Waals surface area contributed by atoms with Crippen LogP contribution < -0.4 is 15.0 Å². The molecule has 1 unspecified atom stereocenters. The predicted molar refractivity (Wildman–Crippen MR) is 104 cm³/mol. The van der Waals surface area contributed by atoms with E-state index in [0.717, 1.165) is 42.0 Å². The van der Waals surface area contributed by atoms with Crippen molar-refractivity contribution in [1.82, 2.24) is 14.9 Å². The Morgan fingerprint density at radius 1 is 1.19 bits per heavy atom. The van der Waals surface area contributed by atoms with Crippen LogP contribution in [0.3, 0.4) is 0 Å². The van der Waals surface area contributed by atoms with Crippen LogP contribution in [0, 0.1) is 0 Å². The van der Waals surface area contributed by atoms with Crippen LogP contribution in [0.1, 0.15) is 30.3 Å². The number of methoxy groups -OCH3 is 2. The van der Waals surface area contributed by atoms with E-state index in [2.05, 4.69) is 14.9 Å². The molecule has 0 radical (unpaired) electrons. The third-order valence-corrected chi connectivity index (χ3v) is 5.17. The molecule has 2 heterocycles. The first-order chi connectivity index (χ1) is 13.2. The lowest BCUT2D eigenvalue weighted by molar-refractivity contribution is 0.236.